The van der Waals surface area contributed by atoms with E-state index in [0.29, 0.717) is 61.3 Å². The molecule has 2 amide bonds. The molecule has 0 heterocycles. The molecule has 11 nitrogen and oxygen atoms in total. The van der Waals surface area contributed by atoms with Crippen molar-refractivity contribution in [1.29, 1.82) is 0 Å². The summed E-state index contributed by atoms with van der Waals surface area (Å²) in [6.07, 6.45) is 33.2. The summed E-state index contributed by atoms with van der Waals surface area (Å²) in [7, 11) is 0. The Kier molecular flexibility index (Phi) is 44.0. The Morgan fingerprint density at radius 2 is 0.643 bits per heavy atom. The monoisotopic (exact) mass is 1760 g/mol. The second-order valence-corrected chi connectivity index (χ2v) is 35.9. The molecule has 126 heavy (non-hydrogen) atoms. The SMILES string of the molecule is CCN(C(C)C)C(C)C.Cc1ccc(C(Cl)(c2ccccc2)c2ccccc2Cl)cc1.Cc1ccc(C(OC(=O)CCCCCCCCCCCCCCCCNC(=O)OCC2c3ccccc3-c3ccccc32)(c2ccccc2)c2ccccc2Cl)cc1.O=C(O)CCCCCCCCCCCCCCCCNC(=O)OCC1c2ccccc2-c2ccccc21. The Labute approximate surface area is 769 Å². The molecule has 0 spiro atoms. The largest absolute Gasteiger partial charge is 0.481 e. The van der Waals surface area contributed by atoms with E-state index in [1.165, 1.54) is 172 Å². The third kappa shape index (κ3) is 31.2. The van der Waals surface area contributed by atoms with Gasteiger partial charge < -0.3 is 30.0 Å². The van der Waals surface area contributed by atoms with Gasteiger partial charge in [-0.2, -0.15) is 0 Å². The summed E-state index contributed by atoms with van der Waals surface area (Å²) < 4.78 is 17.8. The highest BCUT2D eigenvalue weighted by Gasteiger charge is 2.43. The van der Waals surface area contributed by atoms with Gasteiger partial charge in [0.15, 0.2) is 5.60 Å². The smallest absolute Gasteiger partial charge is 0.407 e. The summed E-state index contributed by atoms with van der Waals surface area (Å²) in [5.74, 6) is -0.693. The number of aliphatic carboxylic acids is 1. The molecular formula is C112H140Cl3N3O8. The number of hydrogen-bond acceptors (Lipinski definition) is 8. The number of unbranched alkanes of at least 4 members (excludes halogenated alkanes) is 26. The number of alkyl halides is 1. The number of carboxylic acid groups (broad SMARTS) is 1. The molecule has 0 saturated carbocycles. The molecule has 3 N–H and O–H groups in total. The maximum atomic E-state index is 13.6. The number of fused-ring (bicyclic) bond motifs is 6. The molecule has 0 bridgehead atoms. The van der Waals surface area contributed by atoms with Crippen molar-refractivity contribution in [3.63, 3.8) is 0 Å². The summed E-state index contributed by atoms with van der Waals surface area (Å²) in [5.41, 5.74) is 16.5. The molecular weight excluding hydrogens is 1620 g/mol. The molecule has 14 heteroatoms. The van der Waals surface area contributed by atoms with Crippen molar-refractivity contribution < 1.29 is 38.5 Å². The van der Waals surface area contributed by atoms with Crippen LogP contribution in [-0.2, 0) is 34.3 Å². The van der Waals surface area contributed by atoms with Crippen molar-refractivity contribution >= 4 is 58.9 Å². The lowest BCUT2D eigenvalue weighted by Crippen LogP contribution is -2.36. The van der Waals surface area contributed by atoms with Crippen molar-refractivity contribution in [2.45, 2.75) is 275 Å². The quantitative estimate of drug-likeness (QED) is 0.0112. The summed E-state index contributed by atoms with van der Waals surface area (Å²) in [5, 5.41) is 15.7. The molecule has 2 aliphatic carbocycles. The average molecular weight is 1760 g/mol. The number of ether oxygens (including phenoxy) is 3. The number of carboxylic acids is 1. The highest BCUT2D eigenvalue weighted by Crippen LogP contribution is 2.49. The Morgan fingerprint density at radius 1 is 0.357 bits per heavy atom. The number of nitrogens with one attached hydrogen (secondary N) is 2. The Morgan fingerprint density at radius 3 is 0.984 bits per heavy atom. The number of benzene rings is 10. The van der Waals surface area contributed by atoms with Crippen LogP contribution in [-0.4, -0.2) is 79.1 Å². The Bertz CT molecular complexity index is 4730. The molecule has 12 rings (SSSR count). The molecule has 2 atom stereocenters. The van der Waals surface area contributed by atoms with E-state index in [1.807, 2.05) is 121 Å². The predicted octanol–water partition coefficient (Wildman–Crippen LogP) is 30.6. The molecule has 672 valence electrons. The molecule has 0 aromatic heterocycles. The van der Waals surface area contributed by atoms with Crippen LogP contribution in [0.5, 0.6) is 0 Å². The van der Waals surface area contributed by atoms with Gasteiger partial charge in [0.1, 0.15) is 18.1 Å². The minimum atomic E-state index is -1.14. The van der Waals surface area contributed by atoms with Gasteiger partial charge >= 0.3 is 24.1 Å². The molecule has 10 aromatic rings. The van der Waals surface area contributed by atoms with Crippen LogP contribution in [0.25, 0.3) is 22.3 Å². The lowest BCUT2D eigenvalue weighted by atomic mass is 9.79. The highest BCUT2D eigenvalue weighted by molar-refractivity contribution is 6.35. The minimum Gasteiger partial charge on any atom is -0.481 e. The number of amides is 2. The number of carbonyl (C=O) groups excluding carboxylic acids is 3. The molecule has 0 fully saturated rings. The number of carbonyl (C=O) groups is 4. The second kappa shape index (κ2) is 55.3. The van der Waals surface area contributed by atoms with Crippen LogP contribution in [0, 0.1) is 13.8 Å². The molecule has 10 aromatic carbocycles. The van der Waals surface area contributed by atoms with E-state index in [9.17, 15) is 19.2 Å². The van der Waals surface area contributed by atoms with E-state index >= 15 is 0 Å². The number of rotatable bonds is 48. The molecule has 0 radical (unpaired) electrons. The van der Waals surface area contributed by atoms with E-state index in [2.05, 4.69) is 197 Å². The van der Waals surface area contributed by atoms with Crippen molar-refractivity contribution in [3.8, 4) is 22.3 Å². The maximum absolute atomic E-state index is 13.6. The van der Waals surface area contributed by atoms with E-state index in [1.54, 1.807) is 0 Å². The van der Waals surface area contributed by atoms with Gasteiger partial charge in [-0.3, -0.25) is 14.5 Å². The fraction of sp³-hybridized carbons (Fsp3) is 0.429. The molecule has 0 saturated heterocycles. The van der Waals surface area contributed by atoms with Crippen molar-refractivity contribution in [1.82, 2.24) is 15.5 Å². The van der Waals surface area contributed by atoms with Gasteiger partial charge in [-0.05, 0) is 142 Å². The standard InChI is InChI=1S/C52H60ClNO4.C32H45NO4.C20H16Cl2.C8H19N/c1-40-34-36-42(37-35-40)52(41-25-15-14-16-26-41,48-31-22-23-32-49(48)53)58-50(55)33-17-12-10-8-6-4-2-3-5-7-9-11-13-24-38-54-51(56)57-39-47-45-29-20-18-27-43(45)44-28-19-21-30-46(44)47;34-31(35)23-13-11-9-7-5-3-1-2-4-6-8-10-12-18-24-33-32(36)37-25-30-28-21-16-14-19-26(28)27-20-15-17-22-29(27)30;1-15-11-13-17(14-12-15)20(22,16-7-3-2-4-8-16)18-9-5-6-10-19(18)21;1-6-9(7(2)3)8(4)5/h14-16,18-23,25-32,34-37,47H,2-13,17,24,33,38-39H2,1H3,(H,54,56);14-17,19-22,30H,1-13,18,23-25H2,(H,33,36)(H,34,35);2-14H,1H3;7-8H,6H2,1-5H3. The first-order valence-corrected chi connectivity index (χ1v) is 48.3. The van der Waals surface area contributed by atoms with E-state index in [-0.39, 0.29) is 30.0 Å². The lowest BCUT2D eigenvalue weighted by molar-refractivity contribution is -0.153. The summed E-state index contributed by atoms with van der Waals surface area (Å²) in [6.45, 7) is 18.5. The zero-order chi connectivity index (χ0) is 89.6. The zero-order valence-electron chi connectivity index (χ0n) is 76.2. The van der Waals surface area contributed by atoms with Crippen LogP contribution in [0.15, 0.2) is 255 Å². The van der Waals surface area contributed by atoms with Gasteiger partial charge in [0, 0.05) is 82.1 Å². The van der Waals surface area contributed by atoms with Crippen molar-refractivity contribution in [3.05, 3.63) is 332 Å². The summed E-state index contributed by atoms with van der Waals surface area (Å²) in [6, 6.07) is 86.9. The van der Waals surface area contributed by atoms with E-state index < -0.39 is 16.4 Å². The van der Waals surface area contributed by atoms with Gasteiger partial charge in [0.05, 0.1) is 0 Å². The predicted molar refractivity (Wildman–Crippen MR) is 525 cm³/mol. The fourth-order valence-electron chi connectivity index (χ4n) is 17.8. The highest BCUT2D eigenvalue weighted by atomic mass is 35.5. The van der Waals surface area contributed by atoms with Gasteiger partial charge in [-0.15, -0.1) is 11.6 Å². The summed E-state index contributed by atoms with van der Waals surface area (Å²) >= 11 is 20.5. The number of hydrogen-bond donors (Lipinski definition) is 3. The third-order valence-corrected chi connectivity index (χ3v) is 25.9. The fourth-order valence-corrected chi connectivity index (χ4v) is 18.8. The Hall–Kier alpha value is -9.49. The first-order chi connectivity index (χ1) is 61.3. The maximum Gasteiger partial charge on any atom is 0.407 e. The molecule has 2 aliphatic rings. The topological polar surface area (TPSA) is 144 Å². The van der Waals surface area contributed by atoms with Crippen LogP contribution in [0.2, 0.25) is 10.0 Å². The zero-order valence-corrected chi connectivity index (χ0v) is 78.5. The van der Waals surface area contributed by atoms with Gasteiger partial charge in [0.2, 0.25) is 0 Å². The number of alkyl carbamates (subject to hydrolysis) is 2. The molecule has 0 aliphatic heterocycles. The summed E-state index contributed by atoms with van der Waals surface area (Å²) in [4.78, 5) is 50.4. The average Bonchev–Trinajstić information content (AvgIpc) is 1.37. The van der Waals surface area contributed by atoms with Crippen LogP contribution >= 0.6 is 34.8 Å². The van der Waals surface area contributed by atoms with Crippen molar-refractivity contribution in [2.24, 2.45) is 0 Å². The number of nitrogens with zero attached hydrogens (tertiary/aromatic N) is 1. The lowest BCUT2D eigenvalue weighted by Gasteiger charge is -2.36. The third-order valence-electron chi connectivity index (χ3n) is 24.6. The van der Waals surface area contributed by atoms with Gasteiger partial charge in [-0.1, -0.05) is 438 Å². The van der Waals surface area contributed by atoms with Crippen LogP contribution in [0.3, 0.4) is 0 Å². The van der Waals surface area contributed by atoms with Gasteiger partial charge in [0.25, 0.3) is 0 Å². The number of halogens is 3. The van der Waals surface area contributed by atoms with Crippen molar-refractivity contribution in [2.75, 3.05) is 32.8 Å². The number of aryl methyl sites for hydroxylation is 2. The first kappa shape index (κ1) is 100. The van der Waals surface area contributed by atoms with E-state index in [4.69, 9.17) is 54.1 Å². The Balaban J connectivity index is 0.000000223. The van der Waals surface area contributed by atoms with Gasteiger partial charge in [-0.25, -0.2) is 9.59 Å². The first-order valence-electron chi connectivity index (χ1n) is 47.2. The van der Waals surface area contributed by atoms with Crippen LogP contribution in [0.1, 0.15) is 306 Å². The normalized spacial score (nSPS) is 12.8. The van der Waals surface area contributed by atoms with Crippen LogP contribution < -0.4 is 10.6 Å². The second-order valence-electron chi connectivity index (χ2n) is 34.6. The number of esters is 1. The van der Waals surface area contributed by atoms with Crippen LogP contribution in [0.4, 0.5) is 9.59 Å². The molecule has 2 unspecified atom stereocenters. The minimum absolute atomic E-state index is 0.0908. The van der Waals surface area contributed by atoms with E-state index in [0.717, 1.165) is 103 Å².